The Hall–Kier alpha value is -0.120. The first kappa shape index (κ1) is 11.4. The summed E-state index contributed by atoms with van der Waals surface area (Å²) in [6.07, 6.45) is 4.11. The molecule has 1 aliphatic heterocycles. The molecule has 1 aliphatic rings. The van der Waals surface area contributed by atoms with Gasteiger partial charge >= 0.3 is 0 Å². The third-order valence-corrected chi connectivity index (χ3v) is 4.18. The van der Waals surface area contributed by atoms with Gasteiger partial charge < -0.3 is 9.73 Å². The monoisotopic (exact) mass is 245 g/mol. The minimum absolute atomic E-state index is 0.471. The maximum atomic E-state index is 5.69. The number of halogens is 1. The van der Waals surface area contributed by atoms with Crippen molar-refractivity contribution in [1.82, 2.24) is 5.32 Å². The predicted molar refractivity (Wildman–Crippen MR) is 65.5 cm³/mol. The van der Waals surface area contributed by atoms with Crippen LogP contribution in [0.1, 0.15) is 25.0 Å². The molecule has 1 saturated heterocycles. The van der Waals surface area contributed by atoms with Crippen molar-refractivity contribution in [2.45, 2.75) is 31.1 Å². The summed E-state index contributed by atoms with van der Waals surface area (Å²) in [5.74, 6) is 2.24. The van der Waals surface area contributed by atoms with E-state index in [0.29, 0.717) is 5.22 Å². The van der Waals surface area contributed by atoms with Crippen molar-refractivity contribution < 1.29 is 4.42 Å². The average Bonchev–Trinajstić information content (AvgIpc) is 2.66. The molecule has 0 spiro atoms. The van der Waals surface area contributed by atoms with Gasteiger partial charge in [-0.15, -0.1) is 0 Å². The van der Waals surface area contributed by atoms with Crippen LogP contribution in [0, 0.1) is 0 Å². The maximum absolute atomic E-state index is 5.69. The van der Waals surface area contributed by atoms with E-state index >= 15 is 0 Å². The minimum Gasteiger partial charge on any atom is -0.448 e. The van der Waals surface area contributed by atoms with Crippen molar-refractivity contribution in [3.63, 3.8) is 0 Å². The molecular formula is C11H16ClNOS. The number of nitrogens with one attached hydrogen (secondary N) is 1. The van der Waals surface area contributed by atoms with Gasteiger partial charge in [0.25, 0.3) is 0 Å². The van der Waals surface area contributed by atoms with Gasteiger partial charge in [-0.05, 0) is 42.3 Å². The van der Waals surface area contributed by atoms with Crippen LogP contribution < -0.4 is 5.32 Å². The van der Waals surface area contributed by atoms with Gasteiger partial charge in [-0.2, -0.15) is 11.8 Å². The first-order chi connectivity index (χ1) is 7.34. The van der Waals surface area contributed by atoms with Crippen LogP contribution >= 0.6 is 23.4 Å². The van der Waals surface area contributed by atoms with Crippen molar-refractivity contribution in [3.05, 3.63) is 23.1 Å². The fourth-order valence-electron chi connectivity index (χ4n) is 1.77. The molecule has 1 fully saturated rings. The predicted octanol–water partition coefficient (Wildman–Crippen LogP) is 3.31. The van der Waals surface area contributed by atoms with Crippen LogP contribution in [0.4, 0.5) is 0 Å². The molecule has 0 radical (unpaired) electrons. The highest BCUT2D eigenvalue weighted by Gasteiger charge is 2.13. The van der Waals surface area contributed by atoms with Gasteiger partial charge in [-0.25, -0.2) is 0 Å². The van der Waals surface area contributed by atoms with Crippen LogP contribution in [0.2, 0.25) is 5.22 Å². The summed E-state index contributed by atoms with van der Waals surface area (Å²) in [7, 11) is 0. The molecule has 1 atom stereocenters. The van der Waals surface area contributed by atoms with E-state index in [0.717, 1.165) is 24.1 Å². The standard InChI is InChI=1S/C11H16ClNOS/c12-11-5-4-9(14-11)7-13-8-10-3-1-2-6-15-10/h4-5,10,13H,1-3,6-8H2. The second kappa shape index (κ2) is 5.83. The van der Waals surface area contributed by atoms with Crippen LogP contribution in [0.25, 0.3) is 0 Å². The van der Waals surface area contributed by atoms with E-state index in [2.05, 4.69) is 17.1 Å². The Labute approximate surface area is 99.8 Å². The molecule has 0 bridgehead atoms. The van der Waals surface area contributed by atoms with Crippen molar-refractivity contribution in [2.24, 2.45) is 0 Å². The van der Waals surface area contributed by atoms with Crippen LogP contribution in [0.5, 0.6) is 0 Å². The van der Waals surface area contributed by atoms with Crippen molar-refractivity contribution >= 4 is 23.4 Å². The van der Waals surface area contributed by atoms with Gasteiger partial charge in [0.2, 0.25) is 0 Å². The van der Waals surface area contributed by atoms with Crippen LogP contribution in [0.15, 0.2) is 16.5 Å². The van der Waals surface area contributed by atoms with E-state index in [4.69, 9.17) is 16.0 Å². The van der Waals surface area contributed by atoms with E-state index in [1.807, 2.05) is 6.07 Å². The molecule has 0 saturated carbocycles. The largest absolute Gasteiger partial charge is 0.448 e. The van der Waals surface area contributed by atoms with Gasteiger partial charge in [0.05, 0.1) is 6.54 Å². The zero-order valence-corrected chi connectivity index (χ0v) is 10.2. The lowest BCUT2D eigenvalue weighted by molar-refractivity contribution is 0.480. The number of rotatable bonds is 4. The molecule has 1 aromatic heterocycles. The van der Waals surface area contributed by atoms with Crippen molar-refractivity contribution in [3.8, 4) is 0 Å². The SMILES string of the molecule is Clc1ccc(CNCC2CCCCS2)o1. The Morgan fingerprint density at radius 2 is 2.40 bits per heavy atom. The summed E-state index contributed by atoms with van der Waals surface area (Å²) in [6.45, 7) is 1.85. The number of hydrogen-bond acceptors (Lipinski definition) is 3. The highest BCUT2D eigenvalue weighted by atomic mass is 35.5. The summed E-state index contributed by atoms with van der Waals surface area (Å²) in [6, 6.07) is 3.71. The summed E-state index contributed by atoms with van der Waals surface area (Å²) in [4.78, 5) is 0. The van der Waals surface area contributed by atoms with Gasteiger partial charge in [0.1, 0.15) is 5.76 Å². The number of furan rings is 1. The molecule has 1 N–H and O–H groups in total. The average molecular weight is 246 g/mol. The van der Waals surface area contributed by atoms with E-state index in [-0.39, 0.29) is 0 Å². The van der Waals surface area contributed by atoms with Crippen LogP contribution in [0.3, 0.4) is 0 Å². The Bertz CT molecular complexity index is 297. The highest BCUT2D eigenvalue weighted by Crippen LogP contribution is 2.24. The summed E-state index contributed by atoms with van der Waals surface area (Å²) in [5.41, 5.74) is 0. The van der Waals surface area contributed by atoms with Gasteiger partial charge in [0.15, 0.2) is 5.22 Å². The second-order valence-electron chi connectivity index (χ2n) is 3.83. The smallest absolute Gasteiger partial charge is 0.193 e. The minimum atomic E-state index is 0.471. The second-order valence-corrected chi connectivity index (χ2v) is 5.61. The Balaban J connectivity index is 1.65. The third-order valence-electron chi connectivity index (χ3n) is 2.57. The molecule has 84 valence electrons. The fourth-order valence-corrected chi connectivity index (χ4v) is 3.21. The lowest BCUT2D eigenvalue weighted by atomic mass is 10.2. The Kier molecular flexibility index (Phi) is 4.42. The lowest BCUT2D eigenvalue weighted by Gasteiger charge is -2.21. The summed E-state index contributed by atoms with van der Waals surface area (Å²) < 4.78 is 5.27. The Morgan fingerprint density at radius 1 is 1.47 bits per heavy atom. The molecule has 0 aliphatic carbocycles. The van der Waals surface area contributed by atoms with E-state index < -0.39 is 0 Å². The van der Waals surface area contributed by atoms with Gasteiger partial charge in [0, 0.05) is 11.8 Å². The number of thioether (sulfide) groups is 1. The fraction of sp³-hybridized carbons (Fsp3) is 0.636. The summed E-state index contributed by atoms with van der Waals surface area (Å²) in [5, 5.41) is 4.66. The van der Waals surface area contributed by atoms with Crippen LogP contribution in [-0.2, 0) is 6.54 Å². The van der Waals surface area contributed by atoms with Crippen molar-refractivity contribution in [1.29, 1.82) is 0 Å². The molecule has 1 aromatic rings. The third kappa shape index (κ3) is 3.74. The molecule has 4 heteroatoms. The van der Waals surface area contributed by atoms with Gasteiger partial charge in [-0.1, -0.05) is 6.42 Å². The molecule has 2 rings (SSSR count). The molecule has 0 aromatic carbocycles. The van der Waals surface area contributed by atoms with E-state index in [1.165, 1.54) is 25.0 Å². The molecular weight excluding hydrogens is 230 g/mol. The molecule has 0 amide bonds. The zero-order chi connectivity index (χ0) is 10.5. The van der Waals surface area contributed by atoms with Gasteiger partial charge in [-0.3, -0.25) is 0 Å². The van der Waals surface area contributed by atoms with E-state index in [9.17, 15) is 0 Å². The topological polar surface area (TPSA) is 25.2 Å². The summed E-state index contributed by atoms with van der Waals surface area (Å²) >= 11 is 7.77. The molecule has 15 heavy (non-hydrogen) atoms. The highest BCUT2D eigenvalue weighted by molar-refractivity contribution is 7.99. The normalized spacial score (nSPS) is 21.8. The first-order valence-electron chi connectivity index (χ1n) is 5.41. The number of hydrogen-bond donors (Lipinski definition) is 1. The van der Waals surface area contributed by atoms with E-state index in [1.54, 1.807) is 6.07 Å². The maximum Gasteiger partial charge on any atom is 0.193 e. The quantitative estimate of drug-likeness (QED) is 0.881. The first-order valence-corrected chi connectivity index (χ1v) is 6.84. The van der Waals surface area contributed by atoms with Crippen LogP contribution in [-0.4, -0.2) is 17.5 Å². The Morgan fingerprint density at radius 3 is 3.07 bits per heavy atom. The molecule has 1 unspecified atom stereocenters. The molecule has 2 nitrogen and oxygen atoms in total. The lowest BCUT2D eigenvalue weighted by Crippen LogP contribution is -2.26. The molecule has 2 heterocycles. The van der Waals surface area contributed by atoms with Crippen molar-refractivity contribution in [2.75, 3.05) is 12.3 Å². The zero-order valence-electron chi connectivity index (χ0n) is 8.67.